The van der Waals surface area contributed by atoms with Crippen LogP contribution in [0.5, 0.6) is 0 Å². The van der Waals surface area contributed by atoms with Crippen LogP contribution in [0.4, 0.5) is 10.7 Å². The van der Waals surface area contributed by atoms with E-state index in [1.54, 1.807) is 0 Å². The molecular weight excluding hydrogens is 530 g/mol. The number of esters is 1. The van der Waals surface area contributed by atoms with Gasteiger partial charge in [-0.05, 0) is 49.1 Å². The standard InChI is InChI=1S/C30H35N3O4S2/c1-4-5-14-26(34)31-22-12-9-13-23(17-22)38-20(2)28(35)32-29-27(30(36)37-3)24-15-16-33(19-25(24)39-29)18-21-10-7-6-8-11-21/h6-13,17,20H,4-5,14-16,18-19H2,1-3H3,(H,31,34)(H,32,35). The maximum Gasteiger partial charge on any atom is 0.341 e. The van der Waals surface area contributed by atoms with Gasteiger partial charge in [-0.25, -0.2) is 4.79 Å². The molecule has 9 heteroatoms. The van der Waals surface area contributed by atoms with Gasteiger partial charge in [0, 0.05) is 41.5 Å². The fraction of sp³-hybridized carbons (Fsp3) is 0.367. The van der Waals surface area contributed by atoms with Gasteiger partial charge >= 0.3 is 5.97 Å². The van der Waals surface area contributed by atoms with Gasteiger partial charge in [0.1, 0.15) is 5.00 Å². The minimum Gasteiger partial charge on any atom is -0.465 e. The number of benzene rings is 2. The molecule has 4 rings (SSSR count). The van der Waals surface area contributed by atoms with E-state index in [4.69, 9.17) is 4.74 Å². The minimum absolute atomic E-state index is 0.0101. The molecule has 0 bridgehead atoms. The van der Waals surface area contributed by atoms with Crippen LogP contribution in [0.2, 0.25) is 0 Å². The Bertz CT molecular complexity index is 1310. The van der Waals surface area contributed by atoms with Gasteiger partial charge in [-0.2, -0.15) is 0 Å². The first-order valence-electron chi connectivity index (χ1n) is 13.2. The van der Waals surface area contributed by atoms with Crippen molar-refractivity contribution in [3.63, 3.8) is 0 Å². The van der Waals surface area contributed by atoms with Crippen molar-refractivity contribution < 1.29 is 19.1 Å². The van der Waals surface area contributed by atoms with Gasteiger partial charge in [0.15, 0.2) is 0 Å². The lowest BCUT2D eigenvalue weighted by Crippen LogP contribution is -2.29. The quantitative estimate of drug-likeness (QED) is 0.208. The summed E-state index contributed by atoms with van der Waals surface area (Å²) in [7, 11) is 1.37. The maximum absolute atomic E-state index is 13.2. The van der Waals surface area contributed by atoms with Crippen molar-refractivity contribution in [2.45, 2.75) is 62.8 Å². The van der Waals surface area contributed by atoms with Crippen molar-refractivity contribution in [2.24, 2.45) is 0 Å². The number of methoxy groups -OCH3 is 1. The molecule has 1 aliphatic rings. The number of amides is 2. The molecule has 2 heterocycles. The number of nitrogens with zero attached hydrogens (tertiary/aromatic N) is 1. The molecule has 7 nitrogen and oxygen atoms in total. The number of fused-ring (bicyclic) bond motifs is 1. The number of rotatable bonds is 11. The lowest BCUT2D eigenvalue weighted by molar-refractivity contribution is -0.116. The number of thiophene rings is 1. The lowest BCUT2D eigenvalue weighted by Gasteiger charge is -2.27. The lowest BCUT2D eigenvalue weighted by atomic mass is 10.0. The summed E-state index contributed by atoms with van der Waals surface area (Å²) in [6.45, 7) is 6.26. The summed E-state index contributed by atoms with van der Waals surface area (Å²) in [4.78, 5) is 42.4. The summed E-state index contributed by atoms with van der Waals surface area (Å²) in [6, 6.07) is 17.8. The molecular formula is C30H35N3O4S2. The first-order valence-corrected chi connectivity index (χ1v) is 14.9. The second kappa shape index (κ2) is 13.8. The molecule has 3 aromatic rings. The predicted molar refractivity (Wildman–Crippen MR) is 158 cm³/mol. The summed E-state index contributed by atoms with van der Waals surface area (Å²) in [6.07, 6.45) is 3.03. The summed E-state index contributed by atoms with van der Waals surface area (Å²) in [5, 5.41) is 6.06. The van der Waals surface area contributed by atoms with Gasteiger partial charge in [-0.15, -0.1) is 23.1 Å². The van der Waals surface area contributed by atoms with E-state index in [1.807, 2.05) is 49.4 Å². The Morgan fingerprint density at radius 3 is 2.64 bits per heavy atom. The maximum atomic E-state index is 13.2. The second-order valence-electron chi connectivity index (χ2n) is 9.57. The van der Waals surface area contributed by atoms with E-state index < -0.39 is 11.2 Å². The van der Waals surface area contributed by atoms with Gasteiger partial charge in [0.05, 0.1) is 17.9 Å². The summed E-state index contributed by atoms with van der Waals surface area (Å²) in [5.74, 6) is -0.627. The van der Waals surface area contributed by atoms with Crippen LogP contribution in [-0.2, 0) is 33.8 Å². The highest BCUT2D eigenvalue weighted by atomic mass is 32.2. The zero-order valence-corrected chi connectivity index (χ0v) is 24.3. The van der Waals surface area contributed by atoms with E-state index in [1.165, 1.54) is 35.8 Å². The van der Waals surface area contributed by atoms with Crippen molar-refractivity contribution in [3.8, 4) is 0 Å². The molecule has 1 atom stereocenters. The van der Waals surface area contributed by atoms with E-state index in [0.29, 0.717) is 22.7 Å². The largest absolute Gasteiger partial charge is 0.465 e. The van der Waals surface area contributed by atoms with Crippen molar-refractivity contribution in [1.82, 2.24) is 4.90 Å². The predicted octanol–water partition coefficient (Wildman–Crippen LogP) is 6.34. The second-order valence-corrected chi connectivity index (χ2v) is 12.1. The number of thioether (sulfide) groups is 1. The summed E-state index contributed by atoms with van der Waals surface area (Å²) < 4.78 is 5.09. The normalized spacial score (nSPS) is 13.8. The van der Waals surface area contributed by atoms with Crippen LogP contribution in [0.1, 0.15) is 59.5 Å². The highest BCUT2D eigenvalue weighted by Crippen LogP contribution is 2.38. The van der Waals surface area contributed by atoms with Crippen LogP contribution in [0.25, 0.3) is 0 Å². The molecule has 0 spiro atoms. The van der Waals surface area contributed by atoms with Crippen LogP contribution in [-0.4, -0.2) is 41.6 Å². The van der Waals surface area contributed by atoms with Crippen LogP contribution in [0.3, 0.4) is 0 Å². The summed E-state index contributed by atoms with van der Waals surface area (Å²) >= 11 is 2.86. The molecule has 0 saturated heterocycles. The summed E-state index contributed by atoms with van der Waals surface area (Å²) in [5.41, 5.74) is 3.40. The number of ether oxygens (including phenoxy) is 1. The van der Waals surface area contributed by atoms with Crippen molar-refractivity contribution in [2.75, 3.05) is 24.3 Å². The molecule has 0 fully saturated rings. The van der Waals surface area contributed by atoms with Crippen molar-refractivity contribution >= 4 is 51.6 Å². The topological polar surface area (TPSA) is 87.7 Å². The first-order chi connectivity index (χ1) is 18.9. The van der Waals surface area contributed by atoms with Crippen molar-refractivity contribution in [1.29, 1.82) is 0 Å². The smallest absolute Gasteiger partial charge is 0.341 e. The van der Waals surface area contributed by atoms with Gasteiger partial charge < -0.3 is 15.4 Å². The zero-order valence-electron chi connectivity index (χ0n) is 22.6. The number of carbonyl (C=O) groups excluding carboxylic acids is 3. The Morgan fingerprint density at radius 2 is 1.90 bits per heavy atom. The van der Waals surface area contributed by atoms with E-state index in [0.717, 1.165) is 54.2 Å². The number of carbonyl (C=O) groups is 3. The molecule has 0 radical (unpaired) electrons. The first kappa shape index (κ1) is 28.9. The molecule has 2 aromatic carbocycles. The SMILES string of the molecule is CCCCC(=O)Nc1cccc(SC(C)C(=O)Nc2sc3c(c2C(=O)OC)CCN(Cc2ccccc2)C3)c1. The molecule has 1 unspecified atom stereocenters. The van der Waals surface area contributed by atoms with Gasteiger partial charge in [0.25, 0.3) is 0 Å². The average molecular weight is 566 g/mol. The molecule has 0 saturated carbocycles. The highest BCUT2D eigenvalue weighted by Gasteiger charge is 2.30. The van der Waals surface area contributed by atoms with E-state index in [-0.39, 0.29) is 11.8 Å². The Labute approximate surface area is 238 Å². The molecule has 1 aliphatic heterocycles. The molecule has 1 aromatic heterocycles. The Hall–Kier alpha value is -3.14. The fourth-order valence-corrected chi connectivity index (χ4v) is 6.73. The van der Waals surface area contributed by atoms with E-state index in [9.17, 15) is 14.4 Å². The van der Waals surface area contributed by atoms with Crippen LogP contribution in [0, 0.1) is 0 Å². The third-order valence-corrected chi connectivity index (χ3v) is 8.79. The Morgan fingerprint density at radius 1 is 1.10 bits per heavy atom. The highest BCUT2D eigenvalue weighted by molar-refractivity contribution is 8.00. The van der Waals surface area contributed by atoms with Crippen LogP contribution < -0.4 is 10.6 Å². The molecule has 2 amide bonds. The van der Waals surface area contributed by atoms with E-state index in [2.05, 4.69) is 34.6 Å². The monoisotopic (exact) mass is 565 g/mol. The molecule has 0 aliphatic carbocycles. The number of hydrogen-bond donors (Lipinski definition) is 2. The van der Waals surface area contributed by atoms with E-state index >= 15 is 0 Å². The van der Waals surface area contributed by atoms with Gasteiger partial charge in [-0.3, -0.25) is 14.5 Å². The average Bonchev–Trinajstić information content (AvgIpc) is 3.29. The minimum atomic E-state index is -0.425. The molecule has 206 valence electrons. The molecule has 2 N–H and O–H groups in total. The zero-order chi connectivity index (χ0) is 27.8. The number of unbranched alkanes of at least 4 members (excludes halogenated alkanes) is 1. The van der Waals surface area contributed by atoms with Gasteiger partial charge in [0.2, 0.25) is 11.8 Å². The van der Waals surface area contributed by atoms with Crippen LogP contribution >= 0.6 is 23.1 Å². The third kappa shape index (κ3) is 7.71. The van der Waals surface area contributed by atoms with Gasteiger partial charge in [-0.1, -0.05) is 49.7 Å². The number of anilines is 2. The van der Waals surface area contributed by atoms with Crippen LogP contribution in [0.15, 0.2) is 59.5 Å². The number of hydrogen-bond acceptors (Lipinski definition) is 7. The number of nitrogens with one attached hydrogen (secondary N) is 2. The Balaban J connectivity index is 1.43. The van der Waals surface area contributed by atoms with Crippen molar-refractivity contribution in [3.05, 3.63) is 76.2 Å². The fourth-order valence-electron chi connectivity index (χ4n) is 4.52. The third-order valence-electron chi connectivity index (χ3n) is 6.57. The Kier molecular flexibility index (Phi) is 10.2. The molecule has 39 heavy (non-hydrogen) atoms.